The highest BCUT2D eigenvalue weighted by molar-refractivity contribution is 5.75. The summed E-state index contributed by atoms with van der Waals surface area (Å²) in [5.41, 5.74) is -0.413. The molecule has 218 valence electrons. The molecule has 0 aromatic carbocycles. The predicted molar refractivity (Wildman–Crippen MR) is 137 cm³/mol. The third-order valence-corrected chi connectivity index (χ3v) is 10.1. The summed E-state index contributed by atoms with van der Waals surface area (Å²) in [4.78, 5) is 21.8. The van der Waals surface area contributed by atoms with Gasteiger partial charge in [0.25, 0.3) is 5.92 Å². The fourth-order valence-corrected chi connectivity index (χ4v) is 7.23. The molecule has 2 bridgehead atoms. The molecule has 5 aliphatic rings. The molecule has 2 amide bonds. The lowest BCUT2D eigenvalue weighted by Crippen LogP contribution is -2.62. The molecular formula is C28H42F3N5O3. The lowest BCUT2D eigenvalue weighted by atomic mass is 9.79. The summed E-state index contributed by atoms with van der Waals surface area (Å²) < 4.78 is 55.7. The van der Waals surface area contributed by atoms with E-state index in [4.69, 9.17) is 9.26 Å². The van der Waals surface area contributed by atoms with Gasteiger partial charge in [0.05, 0.1) is 18.1 Å². The molecule has 1 unspecified atom stereocenters. The van der Waals surface area contributed by atoms with Crippen LogP contribution >= 0.6 is 0 Å². The van der Waals surface area contributed by atoms with Gasteiger partial charge in [-0.2, -0.15) is 4.98 Å². The van der Waals surface area contributed by atoms with E-state index in [0.717, 1.165) is 25.9 Å². The van der Waals surface area contributed by atoms with E-state index in [-0.39, 0.29) is 18.4 Å². The van der Waals surface area contributed by atoms with E-state index in [0.29, 0.717) is 74.8 Å². The van der Waals surface area contributed by atoms with E-state index in [2.05, 4.69) is 34.2 Å². The van der Waals surface area contributed by atoms with E-state index in [1.807, 2.05) is 6.92 Å². The lowest BCUT2D eigenvalue weighted by molar-refractivity contribution is -0.161. The van der Waals surface area contributed by atoms with Gasteiger partial charge < -0.3 is 24.4 Å². The van der Waals surface area contributed by atoms with Crippen molar-refractivity contribution in [1.29, 1.82) is 0 Å². The molecule has 39 heavy (non-hydrogen) atoms. The molecule has 1 aromatic rings. The first-order valence-electron chi connectivity index (χ1n) is 14.8. The number of rotatable bonds is 6. The molecule has 11 heteroatoms. The van der Waals surface area contributed by atoms with Gasteiger partial charge in [0.15, 0.2) is 5.82 Å². The van der Waals surface area contributed by atoms with Crippen LogP contribution < -0.4 is 5.32 Å². The molecule has 6 rings (SSSR count). The van der Waals surface area contributed by atoms with Gasteiger partial charge in [-0.05, 0) is 70.6 Å². The van der Waals surface area contributed by atoms with Gasteiger partial charge in [-0.3, -0.25) is 0 Å². The number of amides is 2. The van der Waals surface area contributed by atoms with Crippen molar-refractivity contribution >= 4 is 6.03 Å². The highest BCUT2D eigenvalue weighted by Gasteiger charge is 2.52. The number of nitrogens with zero attached hydrogens (tertiary/aromatic N) is 4. The second-order valence-corrected chi connectivity index (χ2v) is 13.2. The summed E-state index contributed by atoms with van der Waals surface area (Å²) in [7, 11) is 0. The summed E-state index contributed by atoms with van der Waals surface area (Å²) in [6.07, 6.45) is 2.77. The summed E-state index contributed by atoms with van der Waals surface area (Å²) in [5, 5.41) is 6.80. The minimum Gasteiger partial charge on any atom is -0.372 e. The quantitative estimate of drug-likeness (QED) is 0.552. The fourth-order valence-electron chi connectivity index (χ4n) is 7.23. The standard InChI is InChI=1S/C28H42F3N5O3/c1-16(2)36-14-17-6-7-18(15-36)22(17)38-21-5-4-8-28(30,31)23(21)32-26(37)35-11-9-27(3,10-12-35)25-33-24(39-34-25)19-13-20(19)29/h16-23H,4-15H2,1-3H3,(H,32,37)/t17-,18?,19-,20+,21+,22-,23-/m1/s1. The molecule has 8 nitrogen and oxygen atoms in total. The van der Waals surface area contributed by atoms with Crippen LogP contribution in [0.25, 0.3) is 0 Å². The van der Waals surface area contributed by atoms with Gasteiger partial charge >= 0.3 is 6.03 Å². The van der Waals surface area contributed by atoms with Crippen LogP contribution in [0.4, 0.5) is 18.0 Å². The Hall–Kier alpha value is -1.88. The zero-order valence-corrected chi connectivity index (χ0v) is 23.3. The topological polar surface area (TPSA) is 83.7 Å². The third-order valence-electron chi connectivity index (χ3n) is 10.1. The number of urea groups is 1. The van der Waals surface area contributed by atoms with Crippen molar-refractivity contribution in [3.05, 3.63) is 11.7 Å². The second kappa shape index (κ2) is 10.2. The Bertz CT molecular complexity index is 1030. The van der Waals surface area contributed by atoms with Gasteiger partial charge in [0.2, 0.25) is 5.89 Å². The summed E-state index contributed by atoms with van der Waals surface area (Å²) in [6, 6.07) is -1.34. The van der Waals surface area contributed by atoms with Crippen LogP contribution in [0.5, 0.6) is 0 Å². The van der Waals surface area contributed by atoms with Crippen molar-refractivity contribution in [2.75, 3.05) is 26.2 Å². The summed E-state index contributed by atoms with van der Waals surface area (Å²) in [5.74, 6) is -1.72. The largest absolute Gasteiger partial charge is 0.372 e. The second-order valence-electron chi connectivity index (χ2n) is 13.2. The molecular weight excluding hydrogens is 511 g/mol. The van der Waals surface area contributed by atoms with Crippen LogP contribution in [-0.4, -0.2) is 88.5 Å². The van der Waals surface area contributed by atoms with Crippen molar-refractivity contribution in [2.24, 2.45) is 11.8 Å². The number of alkyl halides is 3. The average Bonchev–Trinajstić information content (AvgIpc) is 3.31. The maximum atomic E-state index is 15.2. The first-order chi connectivity index (χ1) is 18.5. The van der Waals surface area contributed by atoms with Crippen LogP contribution in [-0.2, 0) is 10.2 Å². The van der Waals surface area contributed by atoms with Crippen molar-refractivity contribution in [2.45, 2.75) is 120 Å². The number of aromatic nitrogens is 2. The number of fused-ring (bicyclic) bond motifs is 2. The van der Waals surface area contributed by atoms with Crippen LogP contribution in [0, 0.1) is 11.8 Å². The van der Waals surface area contributed by atoms with Crippen molar-refractivity contribution in [1.82, 2.24) is 25.3 Å². The monoisotopic (exact) mass is 553 g/mol. The molecule has 3 aliphatic carbocycles. The Morgan fingerprint density at radius 2 is 1.79 bits per heavy atom. The Morgan fingerprint density at radius 1 is 1.13 bits per heavy atom. The van der Waals surface area contributed by atoms with Gasteiger partial charge in [0.1, 0.15) is 12.2 Å². The number of likely N-dealkylation sites (tertiary alicyclic amines) is 2. The van der Waals surface area contributed by atoms with E-state index < -0.39 is 35.7 Å². The van der Waals surface area contributed by atoms with Crippen molar-refractivity contribution in [3.63, 3.8) is 0 Å². The number of carbonyl (C=O) groups excluding carboxylic acids is 1. The molecule has 2 saturated heterocycles. The first kappa shape index (κ1) is 27.3. The number of piperidine rings is 2. The Balaban J connectivity index is 1.08. The average molecular weight is 554 g/mol. The van der Waals surface area contributed by atoms with Crippen molar-refractivity contribution in [3.8, 4) is 0 Å². The van der Waals surface area contributed by atoms with Crippen LogP contribution in [0.3, 0.4) is 0 Å². The lowest BCUT2D eigenvalue weighted by Gasteiger charge is -2.45. The molecule has 7 atom stereocenters. The minimum atomic E-state index is -3.02. The predicted octanol–water partition coefficient (Wildman–Crippen LogP) is 4.65. The van der Waals surface area contributed by atoms with Gasteiger partial charge in [-0.1, -0.05) is 12.1 Å². The third kappa shape index (κ3) is 5.29. The zero-order valence-electron chi connectivity index (χ0n) is 23.3. The SMILES string of the molecule is CC(C)N1CC2CC[C@H](C1)[C@H]2O[C@H]1CCCC(F)(F)[C@@H]1NC(=O)N1CCC(C)(c2noc([C@@H]3C[C@@H]3F)n2)CC1. The summed E-state index contributed by atoms with van der Waals surface area (Å²) >= 11 is 0. The number of carbonyl (C=O) groups is 1. The highest BCUT2D eigenvalue weighted by atomic mass is 19.3. The normalized spacial score (nSPS) is 37.7. The van der Waals surface area contributed by atoms with Crippen LogP contribution in [0.1, 0.15) is 89.8 Å². The molecule has 3 heterocycles. The van der Waals surface area contributed by atoms with E-state index in [9.17, 15) is 9.18 Å². The molecule has 1 aromatic heterocycles. The number of halogens is 3. The van der Waals surface area contributed by atoms with Gasteiger partial charge in [-0.15, -0.1) is 0 Å². The molecule has 0 spiro atoms. The zero-order chi connectivity index (χ0) is 27.5. The Morgan fingerprint density at radius 3 is 2.41 bits per heavy atom. The van der Waals surface area contributed by atoms with E-state index in [1.165, 1.54) is 0 Å². The molecule has 0 radical (unpaired) electrons. The molecule has 5 fully saturated rings. The maximum absolute atomic E-state index is 15.2. The molecule has 2 aliphatic heterocycles. The molecule has 1 N–H and O–H groups in total. The van der Waals surface area contributed by atoms with E-state index >= 15 is 8.78 Å². The van der Waals surface area contributed by atoms with Gasteiger partial charge in [-0.25, -0.2) is 18.0 Å². The number of ether oxygens (including phenoxy) is 1. The first-order valence-corrected chi connectivity index (χ1v) is 14.8. The molecule has 3 saturated carbocycles. The Labute approximate surface area is 228 Å². The van der Waals surface area contributed by atoms with Crippen LogP contribution in [0.2, 0.25) is 0 Å². The number of hydrogen-bond donors (Lipinski definition) is 1. The fraction of sp³-hybridized carbons (Fsp3) is 0.893. The van der Waals surface area contributed by atoms with E-state index in [1.54, 1.807) is 4.90 Å². The van der Waals surface area contributed by atoms with Crippen molar-refractivity contribution < 1.29 is 27.2 Å². The highest BCUT2D eigenvalue weighted by Crippen LogP contribution is 2.45. The smallest absolute Gasteiger partial charge is 0.317 e. The van der Waals surface area contributed by atoms with Crippen LogP contribution in [0.15, 0.2) is 4.52 Å². The number of hydrogen-bond acceptors (Lipinski definition) is 6. The maximum Gasteiger partial charge on any atom is 0.317 e. The minimum absolute atomic E-state index is 0.0165. The van der Waals surface area contributed by atoms with Gasteiger partial charge in [0, 0.05) is 44.1 Å². The number of nitrogens with one attached hydrogen (secondary N) is 1. The summed E-state index contributed by atoms with van der Waals surface area (Å²) in [6.45, 7) is 9.09. The Kier molecular flexibility index (Phi) is 7.13.